The van der Waals surface area contributed by atoms with E-state index in [1.165, 1.54) is 54.7 Å². The molecule has 0 spiro atoms. The topological polar surface area (TPSA) is 224 Å². The SMILES string of the molecule is CCOc1ccc2nc(S(N)(=O)=O)sc2c1.O=C(O)c1cc(N=Nc2ccc(S(=O)(=O)Nc3ccccn3)cc2)ccc1O. The maximum absolute atomic E-state index is 12.3. The molecule has 0 amide bonds. The van der Waals surface area contributed by atoms with Crippen molar-refractivity contribution in [3.63, 3.8) is 0 Å². The number of aromatic hydroxyl groups is 1. The summed E-state index contributed by atoms with van der Waals surface area (Å²) in [4.78, 5) is 18.9. The number of nitrogens with one attached hydrogen (secondary N) is 1. The van der Waals surface area contributed by atoms with Crippen molar-refractivity contribution in [2.45, 2.75) is 16.2 Å². The van der Waals surface area contributed by atoms with Gasteiger partial charge in [0.15, 0.2) is 0 Å². The van der Waals surface area contributed by atoms with E-state index in [1.807, 2.05) is 6.92 Å². The van der Waals surface area contributed by atoms with Gasteiger partial charge in [-0.3, -0.25) is 4.72 Å². The molecule has 228 valence electrons. The van der Waals surface area contributed by atoms with Gasteiger partial charge >= 0.3 is 5.97 Å². The Morgan fingerprint density at radius 1 is 0.977 bits per heavy atom. The summed E-state index contributed by atoms with van der Waals surface area (Å²) in [6, 6.07) is 19.5. The standard InChI is InChI=1S/C18H14N4O5S.C9H10N2O3S2/c23-16-9-6-13(11-15(16)18(24)25)21-20-12-4-7-14(8-5-12)28(26,27)22-17-3-1-2-10-19-17;1-2-14-6-3-4-7-8(5-6)15-9(11-7)16(10,12)13/h1-11,23H,(H,19,22)(H,24,25);3-5H,2H2,1H3,(H2,10,12,13). The van der Waals surface area contributed by atoms with Crippen LogP contribution in [0.25, 0.3) is 10.2 Å². The lowest BCUT2D eigenvalue weighted by molar-refractivity contribution is 0.0693. The fraction of sp³-hybridized carbons (Fsp3) is 0.0741. The maximum Gasteiger partial charge on any atom is 0.339 e. The third-order valence-corrected chi connectivity index (χ3v) is 9.15. The molecule has 3 aromatic carbocycles. The molecule has 17 heteroatoms. The highest BCUT2D eigenvalue weighted by Gasteiger charge is 2.16. The second kappa shape index (κ2) is 13.6. The lowest BCUT2D eigenvalue weighted by atomic mass is 10.2. The van der Waals surface area contributed by atoms with Crippen LogP contribution in [0, 0.1) is 0 Å². The van der Waals surface area contributed by atoms with Crippen LogP contribution in [0.5, 0.6) is 11.5 Å². The van der Waals surface area contributed by atoms with Gasteiger partial charge in [0.25, 0.3) is 20.0 Å². The van der Waals surface area contributed by atoms with Crippen molar-refractivity contribution >= 4 is 64.8 Å². The van der Waals surface area contributed by atoms with Crippen LogP contribution < -0.4 is 14.6 Å². The number of fused-ring (bicyclic) bond motifs is 1. The number of thiazole rings is 1. The maximum atomic E-state index is 12.3. The molecule has 0 bridgehead atoms. The minimum Gasteiger partial charge on any atom is -0.507 e. The van der Waals surface area contributed by atoms with E-state index in [1.54, 1.807) is 30.3 Å². The van der Waals surface area contributed by atoms with Crippen molar-refractivity contribution in [1.82, 2.24) is 9.97 Å². The zero-order valence-corrected chi connectivity index (χ0v) is 25.2. The Balaban J connectivity index is 0.000000233. The molecule has 0 radical (unpaired) electrons. The number of benzene rings is 3. The van der Waals surface area contributed by atoms with Gasteiger partial charge in [0.1, 0.15) is 22.9 Å². The van der Waals surface area contributed by atoms with Gasteiger partial charge in [0, 0.05) is 6.20 Å². The van der Waals surface area contributed by atoms with E-state index in [4.69, 9.17) is 15.0 Å². The van der Waals surface area contributed by atoms with Crippen LogP contribution in [0.3, 0.4) is 0 Å². The number of primary sulfonamides is 1. The molecule has 5 aromatic rings. The van der Waals surface area contributed by atoms with Gasteiger partial charge in [-0.15, -0.1) is 11.3 Å². The van der Waals surface area contributed by atoms with E-state index >= 15 is 0 Å². The van der Waals surface area contributed by atoms with Gasteiger partial charge in [-0.1, -0.05) is 6.07 Å². The van der Waals surface area contributed by atoms with Crippen molar-refractivity contribution in [2.24, 2.45) is 15.4 Å². The Labute approximate surface area is 255 Å². The zero-order chi connectivity index (χ0) is 31.9. The second-order valence-corrected chi connectivity index (χ2v) is 13.1. The molecule has 2 aromatic heterocycles. The summed E-state index contributed by atoms with van der Waals surface area (Å²) in [5.41, 5.74) is 0.904. The summed E-state index contributed by atoms with van der Waals surface area (Å²) >= 11 is 1.04. The van der Waals surface area contributed by atoms with Crippen LogP contribution >= 0.6 is 11.3 Å². The zero-order valence-electron chi connectivity index (χ0n) is 22.7. The smallest absolute Gasteiger partial charge is 0.339 e. The lowest BCUT2D eigenvalue weighted by Gasteiger charge is -2.07. The summed E-state index contributed by atoms with van der Waals surface area (Å²) in [5.74, 6) is -0.765. The van der Waals surface area contributed by atoms with Crippen molar-refractivity contribution in [3.05, 3.63) is 90.6 Å². The third-order valence-electron chi connectivity index (χ3n) is 5.44. The Morgan fingerprint density at radius 2 is 1.68 bits per heavy atom. The molecule has 2 heterocycles. The molecule has 0 saturated carbocycles. The molecule has 0 saturated heterocycles. The summed E-state index contributed by atoms with van der Waals surface area (Å²) < 4.78 is 55.2. The van der Waals surface area contributed by atoms with Crippen LogP contribution in [0.15, 0.2) is 105 Å². The molecular formula is C27H24N6O8S3. The number of aromatic carboxylic acids is 1. The third kappa shape index (κ3) is 8.32. The van der Waals surface area contributed by atoms with E-state index in [0.29, 0.717) is 23.6 Å². The average molecular weight is 657 g/mol. The monoisotopic (exact) mass is 656 g/mol. The van der Waals surface area contributed by atoms with Crippen LogP contribution in [0.1, 0.15) is 17.3 Å². The quantitative estimate of drug-likeness (QED) is 0.155. The van der Waals surface area contributed by atoms with Gasteiger partial charge in [-0.2, -0.15) is 10.2 Å². The molecule has 0 aliphatic rings. The van der Waals surface area contributed by atoms with Crippen LogP contribution in [-0.4, -0.2) is 49.6 Å². The highest BCUT2D eigenvalue weighted by atomic mass is 32.2. The number of carboxylic acids is 1. The predicted octanol–water partition coefficient (Wildman–Crippen LogP) is 5.04. The fourth-order valence-electron chi connectivity index (χ4n) is 3.45. The first-order chi connectivity index (χ1) is 20.9. The Hall–Kier alpha value is -4.97. The number of aromatic nitrogens is 2. The predicted molar refractivity (Wildman–Crippen MR) is 163 cm³/mol. The Bertz CT molecular complexity index is 2030. The van der Waals surface area contributed by atoms with E-state index in [0.717, 1.165) is 16.0 Å². The molecule has 14 nitrogen and oxygen atoms in total. The number of carbonyl (C=O) groups is 1. The number of nitrogens with zero attached hydrogens (tertiary/aromatic N) is 4. The van der Waals surface area contributed by atoms with Gasteiger partial charge in [0.05, 0.1) is 33.1 Å². The highest BCUT2D eigenvalue weighted by molar-refractivity contribution is 7.92. The minimum absolute atomic E-state index is 0.0231. The van der Waals surface area contributed by atoms with E-state index in [9.17, 15) is 26.7 Å². The van der Waals surface area contributed by atoms with Crippen LogP contribution in [-0.2, 0) is 20.0 Å². The normalized spacial score (nSPS) is 11.6. The van der Waals surface area contributed by atoms with Crippen molar-refractivity contribution in [2.75, 3.05) is 11.3 Å². The summed E-state index contributed by atoms with van der Waals surface area (Å²) in [6.45, 7) is 2.44. The van der Waals surface area contributed by atoms with Crippen LogP contribution in [0.2, 0.25) is 0 Å². The molecule has 5 rings (SSSR count). The van der Waals surface area contributed by atoms with Gasteiger partial charge < -0.3 is 14.9 Å². The molecule has 0 atom stereocenters. The van der Waals surface area contributed by atoms with Crippen molar-refractivity contribution < 1.29 is 36.6 Å². The number of sulfonamides is 2. The molecule has 5 N–H and O–H groups in total. The summed E-state index contributed by atoms with van der Waals surface area (Å²) in [5, 5.41) is 31.3. The number of hydrogen-bond acceptors (Lipinski definition) is 12. The first-order valence-electron chi connectivity index (χ1n) is 12.4. The minimum atomic E-state index is -3.79. The molecular weight excluding hydrogens is 633 g/mol. The van der Waals surface area contributed by atoms with E-state index < -0.39 is 26.0 Å². The number of phenols is 1. The summed E-state index contributed by atoms with van der Waals surface area (Å²) in [6.07, 6.45) is 1.47. The fourth-order valence-corrected chi connectivity index (χ4v) is 6.14. The number of azo groups is 1. The number of carboxylic acid groups (broad SMARTS) is 1. The molecule has 0 unspecified atom stereocenters. The average Bonchev–Trinajstić information content (AvgIpc) is 3.42. The first-order valence-corrected chi connectivity index (χ1v) is 16.3. The molecule has 44 heavy (non-hydrogen) atoms. The number of ether oxygens (including phenoxy) is 1. The van der Waals surface area contributed by atoms with Crippen molar-refractivity contribution in [1.29, 1.82) is 0 Å². The number of anilines is 1. The molecule has 0 aliphatic carbocycles. The second-order valence-electron chi connectivity index (χ2n) is 8.61. The van der Waals surface area contributed by atoms with E-state index in [2.05, 4.69) is 24.9 Å². The lowest BCUT2D eigenvalue weighted by Crippen LogP contribution is -2.13. The Morgan fingerprint density at radius 3 is 2.32 bits per heavy atom. The number of pyridine rings is 1. The summed E-state index contributed by atoms with van der Waals surface area (Å²) in [7, 11) is -7.52. The van der Waals surface area contributed by atoms with Gasteiger partial charge in [-0.25, -0.2) is 36.7 Å². The largest absolute Gasteiger partial charge is 0.507 e. The highest BCUT2D eigenvalue weighted by Crippen LogP contribution is 2.28. The number of rotatable bonds is 9. The van der Waals surface area contributed by atoms with Crippen LogP contribution in [0.4, 0.5) is 17.2 Å². The molecule has 0 fully saturated rings. The van der Waals surface area contributed by atoms with Gasteiger partial charge in [0.2, 0.25) is 4.34 Å². The van der Waals surface area contributed by atoms with E-state index in [-0.39, 0.29) is 32.1 Å². The number of hydrogen-bond donors (Lipinski definition) is 4. The van der Waals surface area contributed by atoms with Crippen molar-refractivity contribution in [3.8, 4) is 11.5 Å². The van der Waals surface area contributed by atoms with Gasteiger partial charge in [-0.05, 0) is 79.7 Å². The Kier molecular flexibility index (Phi) is 9.84. The first kappa shape index (κ1) is 32.0. The molecule has 0 aliphatic heterocycles. The number of nitrogens with two attached hydrogens (primary N) is 1.